The highest BCUT2D eigenvalue weighted by Crippen LogP contribution is 2.19. The normalized spacial score (nSPS) is 12.7. The van der Waals surface area contributed by atoms with E-state index in [-0.39, 0.29) is 15.3 Å². The molecule has 0 aliphatic carbocycles. The van der Waals surface area contributed by atoms with Crippen molar-refractivity contribution >= 4 is 14.7 Å². The van der Waals surface area contributed by atoms with Crippen molar-refractivity contribution in [1.82, 2.24) is 0 Å². The topological polar surface area (TPSA) is 0 Å². The molecule has 0 fully saturated rings. The summed E-state index contributed by atoms with van der Waals surface area (Å²) in [7, 11) is -0.256. The lowest BCUT2D eigenvalue weighted by molar-refractivity contribution is 0.628. The van der Waals surface area contributed by atoms with E-state index in [9.17, 15) is 4.39 Å². The van der Waals surface area contributed by atoms with Gasteiger partial charge in [-0.25, -0.2) is 4.39 Å². The second kappa shape index (κ2) is 3.40. The molecule has 0 aliphatic heterocycles. The van der Waals surface area contributed by atoms with Gasteiger partial charge in [0.05, 0.1) is 9.52 Å². The second-order valence-corrected chi connectivity index (χ2v) is 7.66. The van der Waals surface area contributed by atoms with E-state index < -0.39 is 0 Å². The van der Waals surface area contributed by atoms with Gasteiger partial charge in [0, 0.05) is 0 Å². The van der Waals surface area contributed by atoms with Crippen LogP contribution < -0.4 is 5.19 Å². The first-order valence-corrected chi connectivity index (χ1v) is 5.63. The first-order valence-electron chi connectivity index (χ1n) is 4.22. The van der Waals surface area contributed by atoms with Crippen LogP contribution >= 0.6 is 0 Å². The summed E-state index contributed by atoms with van der Waals surface area (Å²) in [5, 5.41) is 1.75. The van der Waals surface area contributed by atoms with Crippen LogP contribution in [0.4, 0.5) is 4.39 Å². The van der Waals surface area contributed by atoms with Gasteiger partial charge in [0.1, 0.15) is 5.82 Å². The SMILES string of the molecule is CC(C)(C)[SiH2]c1ccc(F)cc1. The minimum atomic E-state index is -0.256. The quantitative estimate of drug-likeness (QED) is 0.581. The summed E-state index contributed by atoms with van der Waals surface area (Å²) in [6, 6.07) is 6.92. The van der Waals surface area contributed by atoms with Crippen molar-refractivity contribution < 1.29 is 4.39 Å². The van der Waals surface area contributed by atoms with Crippen molar-refractivity contribution in [2.45, 2.75) is 25.8 Å². The Labute approximate surface area is 75.6 Å². The molecule has 2 heteroatoms. The Morgan fingerprint density at radius 2 is 1.58 bits per heavy atom. The van der Waals surface area contributed by atoms with Gasteiger partial charge < -0.3 is 0 Å². The zero-order valence-corrected chi connectivity index (χ0v) is 9.31. The zero-order chi connectivity index (χ0) is 9.19. The van der Waals surface area contributed by atoms with Crippen LogP contribution in [-0.4, -0.2) is 9.52 Å². The van der Waals surface area contributed by atoms with Crippen molar-refractivity contribution in [2.75, 3.05) is 0 Å². The summed E-state index contributed by atoms with van der Waals surface area (Å²) >= 11 is 0. The van der Waals surface area contributed by atoms with E-state index >= 15 is 0 Å². The molecular weight excluding hydrogens is 167 g/mol. The van der Waals surface area contributed by atoms with Gasteiger partial charge in [-0.3, -0.25) is 0 Å². The minimum absolute atomic E-state index is 0.137. The maximum absolute atomic E-state index is 12.5. The Bertz CT molecular complexity index is 246. The van der Waals surface area contributed by atoms with Gasteiger partial charge in [-0.2, -0.15) is 0 Å². The van der Waals surface area contributed by atoms with Gasteiger partial charge >= 0.3 is 0 Å². The Hall–Kier alpha value is -0.633. The third-order valence-corrected chi connectivity index (χ3v) is 3.59. The highest BCUT2D eigenvalue weighted by molar-refractivity contribution is 6.56. The molecule has 0 unspecified atom stereocenters. The van der Waals surface area contributed by atoms with Gasteiger partial charge in [0.2, 0.25) is 0 Å². The van der Waals surface area contributed by atoms with Crippen LogP contribution in [0.5, 0.6) is 0 Å². The van der Waals surface area contributed by atoms with E-state index in [1.54, 1.807) is 12.1 Å². The Morgan fingerprint density at radius 3 is 2.00 bits per heavy atom. The minimum Gasteiger partial charge on any atom is -0.207 e. The first-order chi connectivity index (χ1) is 5.47. The van der Waals surface area contributed by atoms with E-state index in [0.29, 0.717) is 5.04 Å². The van der Waals surface area contributed by atoms with Crippen LogP contribution in [0.15, 0.2) is 24.3 Å². The van der Waals surface area contributed by atoms with Crippen LogP contribution in [-0.2, 0) is 0 Å². The van der Waals surface area contributed by atoms with E-state index in [1.165, 1.54) is 5.19 Å². The molecule has 1 aromatic carbocycles. The predicted octanol–water partition coefficient (Wildman–Crippen LogP) is 1.84. The predicted molar refractivity (Wildman–Crippen MR) is 54.3 cm³/mol. The number of hydrogen-bond acceptors (Lipinski definition) is 0. The molecule has 0 heterocycles. The molecule has 0 saturated carbocycles. The summed E-state index contributed by atoms with van der Waals surface area (Å²) in [6.45, 7) is 6.72. The van der Waals surface area contributed by atoms with Crippen molar-refractivity contribution in [1.29, 1.82) is 0 Å². The molecule has 66 valence electrons. The highest BCUT2D eigenvalue weighted by Gasteiger charge is 2.11. The van der Waals surface area contributed by atoms with Gasteiger partial charge in [-0.1, -0.05) is 38.1 Å². The fourth-order valence-electron chi connectivity index (χ4n) is 1.21. The molecular formula is C10H15FSi. The number of halogens is 1. The summed E-state index contributed by atoms with van der Waals surface area (Å²) in [4.78, 5) is 0. The van der Waals surface area contributed by atoms with Crippen molar-refractivity contribution in [3.8, 4) is 0 Å². The largest absolute Gasteiger partial charge is 0.207 e. The Morgan fingerprint density at radius 1 is 1.08 bits per heavy atom. The fraction of sp³-hybridized carbons (Fsp3) is 0.400. The lowest BCUT2D eigenvalue weighted by Gasteiger charge is -2.16. The number of hydrogen-bond donors (Lipinski definition) is 0. The van der Waals surface area contributed by atoms with E-state index in [1.807, 2.05) is 12.1 Å². The lowest BCUT2D eigenvalue weighted by atomic mass is 10.2. The standard InChI is InChI=1S/C10H15FSi/c1-10(2,3)12-9-6-4-8(11)5-7-9/h4-7H,12H2,1-3H3. The summed E-state index contributed by atoms with van der Waals surface area (Å²) in [5.41, 5.74) is 0. The summed E-state index contributed by atoms with van der Waals surface area (Å²) < 4.78 is 12.5. The molecule has 0 spiro atoms. The van der Waals surface area contributed by atoms with Crippen molar-refractivity contribution in [3.05, 3.63) is 30.1 Å². The smallest absolute Gasteiger partial charge is 0.123 e. The van der Waals surface area contributed by atoms with Crippen molar-refractivity contribution in [2.24, 2.45) is 0 Å². The lowest BCUT2D eigenvalue weighted by Crippen LogP contribution is -2.22. The summed E-state index contributed by atoms with van der Waals surface area (Å²) in [5.74, 6) is -0.137. The maximum Gasteiger partial charge on any atom is 0.123 e. The highest BCUT2D eigenvalue weighted by atomic mass is 28.2. The molecule has 0 radical (unpaired) electrons. The van der Waals surface area contributed by atoms with E-state index in [2.05, 4.69) is 20.8 Å². The van der Waals surface area contributed by atoms with Gasteiger partial charge in [0.25, 0.3) is 0 Å². The number of benzene rings is 1. The van der Waals surface area contributed by atoms with Crippen LogP contribution in [0.1, 0.15) is 20.8 Å². The fourth-order valence-corrected chi connectivity index (χ4v) is 2.91. The molecule has 0 amide bonds. The van der Waals surface area contributed by atoms with Gasteiger partial charge in [-0.15, -0.1) is 0 Å². The molecule has 1 aromatic rings. The van der Waals surface area contributed by atoms with Crippen LogP contribution in [0, 0.1) is 5.82 Å². The van der Waals surface area contributed by atoms with Gasteiger partial charge in [0.15, 0.2) is 0 Å². The third kappa shape index (κ3) is 3.18. The van der Waals surface area contributed by atoms with Crippen LogP contribution in [0.3, 0.4) is 0 Å². The monoisotopic (exact) mass is 182 g/mol. The molecule has 12 heavy (non-hydrogen) atoms. The molecule has 0 aromatic heterocycles. The van der Waals surface area contributed by atoms with Crippen molar-refractivity contribution in [3.63, 3.8) is 0 Å². The summed E-state index contributed by atoms with van der Waals surface area (Å²) in [6.07, 6.45) is 0. The Balaban J connectivity index is 2.71. The molecule has 0 N–H and O–H groups in total. The molecule has 0 nitrogen and oxygen atoms in total. The molecule has 0 bridgehead atoms. The maximum atomic E-state index is 12.5. The first kappa shape index (κ1) is 9.45. The zero-order valence-electron chi connectivity index (χ0n) is 7.89. The average molecular weight is 182 g/mol. The second-order valence-electron chi connectivity index (χ2n) is 4.36. The molecule has 0 saturated heterocycles. The molecule has 0 atom stereocenters. The van der Waals surface area contributed by atoms with E-state index in [4.69, 9.17) is 0 Å². The van der Waals surface area contributed by atoms with Crippen LogP contribution in [0.25, 0.3) is 0 Å². The number of rotatable bonds is 1. The molecule has 1 rings (SSSR count). The van der Waals surface area contributed by atoms with E-state index in [0.717, 1.165) is 0 Å². The Kier molecular flexibility index (Phi) is 2.68. The average Bonchev–Trinajstić information content (AvgIpc) is 1.91. The van der Waals surface area contributed by atoms with Gasteiger partial charge in [-0.05, 0) is 17.2 Å². The molecule has 0 aliphatic rings. The third-order valence-electron chi connectivity index (χ3n) is 1.65. The van der Waals surface area contributed by atoms with Crippen LogP contribution in [0.2, 0.25) is 5.04 Å².